The summed E-state index contributed by atoms with van der Waals surface area (Å²) in [5, 5.41) is 12.5. The van der Waals surface area contributed by atoms with Crippen LogP contribution >= 0.6 is 31.9 Å². The second-order valence-corrected chi connectivity index (χ2v) is 6.85. The van der Waals surface area contributed by atoms with Crippen molar-refractivity contribution in [1.29, 1.82) is 0 Å². The number of aliphatic hydroxyl groups excluding tert-OH is 1. The summed E-state index contributed by atoms with van der Waals surface area (Å²) < 4.78 is 7.63. The molecule has 0 aromatic heterocycles. The first kappa shape index (κ1) is 15.3. The highest BCUT2D eigenvalue weighted by Crippen LogP contribution is 2.35. The highest BCUT2D eigenvalue weighted by Gasteiger charge is 2.20. The van der Waals surface area contributed by atoms with Crippen molar-refractivity contribution in [2.45, 2.75) is 32.4 Å². The van der Waals surface area contributed by atoms with E-state index in [1.54, 1.807) is 0 Å². The summed E-state index contributed by atoms with van der Waals surface area (Å²) in [5.41, 5.74) is 1.23. The Labute approximate surface area is 131 Å². The van der Waals surface area contributed by atoms with E-state index in [9.17, 15) is 0 Å². The van der Waals surface area contributed by atoms with Gasteiger partial charge in [0.15, 0.2) is 0 Å². The first-order valence-corrected chi connectivity index (χ1v) is 8.13. The summed E-state index contributed by atoms with van der Waals surface area (Å²) in [6, 6.07) is 4.87. The van der Waals surface area contributed by atoms with Crippen LogP contribution in [0.15, 0.2) is 21.1 Å². The van der Waals surface area contributed by atoms with Crippen LogP contribution in [0.25, 0.3) is 0 Å². The van der Waals surface area contributed by atoms with Crippen LogP contribution in [-0.2, 0) is 6.54 Å². The molecule has 3 nitrogen and oxygen atoms in total. The lowest BCUT2D eigenvalue weighted by molar-refractivity contribution is 0.173. The second-order valence-electron chi connectivity index (χ2n) is 5.14. The molecule has 0 bridgehead atoms. The topological polar surface area (TPSA) is 41.5 Å². The first-order chi connectivity index (χ1) is 9.10. The largest absolute Gasteiger partial charge is 0.491 e. The molecule has 2 N–H and O–H groups in total. The van der Waals surface area contributed by atoms with Gasteiger partial charge in [-0.15, -0.1) is 0 Å². The molecule has 0 radical (unpaired) electrons. The van der Waals surface area contributed by atoms with Crippen molar-refractivity contribution in [3.63, 3.8) is 0 Å². The summed E-state index contributed by atoms with van der Waals surface area (Å²) in [6.45, 7) is 3.48. The van der Waals surface area contributed by atoms with Crippen LogP contribution in [0.4, 0.5) is 0 Å². The summed E-state index contributed by atoms with van der Waals surface area (Å²) >= 11 is 7.09. The minimum absolute atomic E-state index is 0.134. The van der Waals surface area contributed by atoms with Crippen molar-refractivity contribution in [2.75, 3.05) is 13.2 Å². The minimum Gasteiger partial charge on any atom is -0.491 e. The van der Waals surface area contributed by atoms with Crippen molar-refractivity contribution in [1.82, 2.24) is 5.32 Å². The fourth-order valence-electron chi connectivity index (χ4n) is 1.68. The smallest absolute Gasteiger partial charge is 0.147 e. The molecule has 2 rings (SSSR count). The Balaban J connectivity index is 1.98. The van der Waals surface area contributed by atoms with Crippen LogP contribution in [0, 0.1) is 5.92 Å². The predicted octanol–water partition coefficient (Wildman–Crippen LogP) is 3.47. The molecule has 1 unspecified atom stereocenters. The molecule has 106 valence electrons. The fourth-order valence-corrected chi connectivity index (χ4v) is 3.19. The van der Waals surface area contributed by atoms with Crippen LogP contribution in [-0.4, -0.2) is 24.4 Å². The minimum atomic E-state index is 0.134. The highest BCUT2D eigenvalue weighted by molar-refractivity contribution is 9.11. The third kappa shape index (κ3) is 4.74. The predicted molar refractivity (Wildman–Crippen MR) is 83.4 cm³/mol. The summed E-state index contributed by atoms with van der Waals surface area (Å²) in [7, 11) is 0. The van der Waals surface area contributed by atoms with Gasteiger partial charge in [-0.05, 0) is 62.4 Å². The van der Waals surface area contributed by atoms with E-state index in [2.05, 4.69) is 49.3 Å². The summed E-state index contributed by atoms with van der Waals surface area (Å²) in [4.78, 5) is 0. The van der Waals surface area contributed by atoms with Gasteiger partial charge in [-0.3, -0.25) is 0 Å². The number of hydrogen-bond acceptors (Lipinski definition) is 3. The molecular formula is C14H19Br2NO2. The van der Waals surface area contributed by atoms with Crippen molar-refractivity contribution in [2.24, 2.45) is 5.92 Å². The quantitative estimate of drug-likeness (QED) is 0.746. The third-order valence-electron chi connectivity index (χ3n) is 3.05. The molecule has 1 aromatic rings. The van der Waals surface area contributed by atoms with Gasteiger partial charge in [-0.25, -0.2) is 0 Å². The molecule has 0 amide bonds. The number of nitrogens with one attached hydrogen (secondary N) is 1. The van der Waals surface area contributed by atoms with Gasteiger partial charge < -0.3 is 15.2 Å². The second kappa shape index (κ2) is 7.07. The zero-order chi connectivity index (χ0) is 13.8. The molecule has 0 spiro atoms. The molecule has 1 aliphatic carbocycles. The van der Waals surface area contributed by atoms with Gasteiger partial charge in [0.1, 0.15) is 5.75 Å². The van der Waals surface area contributed by atoms with Crippen molar-refractivity contribution >= 4 is 31.9 Å². The van der Waals surface area contributed by atoms with E-state index in [0.717, 1.165) is 21.2 Å². The number of halogens is 2. The Morgan fingerprint density at radius 3 is 2.53 bits per heavy atom. The average Bonchev–Trinajstić information content (AvgIpc) is 3.19. The number of aliphatic hydroxyl groups is 1. The van der Waals surface area contributed by atoms with E-state index >= 15 is 0 Å². The average molecular weight is 393 g/mol. The lowest BCUT2D eigenvalue weighted by Crippen LogP contribution is -2.15. The van der Waals surface area contributed by atoms with Gasteiger partial charge in [-0.1, -0.05) is 6.92 Å². The molecule has 1 fully saturated rings. The van der Waals surface area contributed by atoms with Gasteiger partial charge in [-0.2, -0.15) is 0 Å². The number of benzene rings is 1. The first-order valence-electron chi connectivity index (χ1n) is 6.55. The molecule has 1 aromatic carbocycles. The Morgan fingerprint density at radius 1 is 1.37 bits per heavy atom. The maximum atomic E-state index is 9.01. The normalized spacial score (nSPS) is 16.4. The van der Waals surface area contributed by atoms with Gasteiger partial charge in [0, 0.05) is 25.1 Å². The molecular weight excluding hydrogens is 374 g/mol. The molecule has 19 heavy (non-hydrogen) atoms. The van der Waals surface area contributed by atoms with Crippen molar-refractivity contribution < 1.29 is 9.84 Å². The van der Waals surface area contributed by atoms with Crippen molar-refractivity contribution in [3.05, 3.63) is 26.6 Å². The van der Waals surface area contributed by atoms with Gasteiger partial charge in [0.25, 0.3) is 0 Å². The monoisotopic (exact) mass is 391 g/mol. The van der Waals surface area contributed by atoms with E-state index in [1.165, 1.54) is 18.4 Å². The van der Waals surface area contributed by atoms with E-state index < -0.39 is 0 Å². The number of ether oxygens (including phenoxy) is 1. The van der Waals surface area contributed by atoms with Crippen LogP contribution in [0.3, 0.4) is 0 Å². The van der Waals surface area contributed by atoms with Gasteiger partial charge in [0.05, 0.1) is 15.6 Å². The zero-order valence-corrected chi connectivity index (χ0v) is 14.1. The third-order valence-corrected chi connectivity index (χ3v) is 4.23. The van der Waals surface area contributed by atoms with E-state index in [-0.39, 0.29) is 12.5 Å². The molecule has 5 heteroatoms. The van der Waals surface area contributed by atoms with Crippen LogP contribution in [0.5, 0.6) is 5.75 Å². The lowest BCUT2D eigenvalue weighted by atomic mass is 10.2. The van der Waals surface area contributed by atoms with Crippen LogP contribution < -0.4 is 10.1 Å². The fraction of sp³-hybridized carbons (Fsp3) is 0.571. The number of rotatable bonds is 7. The van der Waals surface area contributed by atoms with E-state index in [0.29, 0.717) is 12.6 Å². The van der Waals surface area contributed by atoms with Crippen LogP contribution in [0.1, 0.15) is 25.3 Å². The summed E-state index contributed by atoms with van der Waals surface area (Å²) in [5.74, 6) is 0.936. The zero-order valence-electron chi connectivity index (χ0n) is 11.0. The van der Waals surface area contributed by atoms with Crippen LogP contribution in [0.2, 0.25) is 0 Å². The molecule has 0 heterocycles. The van der Waals surface area contributed by atoms with Gasteiger partial charge in [0.2, 0.25) is 0 Å². The Hall–Kier alpha value is -0.100. The maximum absolute atomic E-state index is 9.01. The Morgan fingerprint density at radius 2 is 2.00 bits per heavy atom. The highest BCUT2D eigenvalue weighted by atomic mass is 79.9. The van der Waals surface area contributed by atoms with E-state index in [4.69, 9.17) is 9.84 Å². The van der Waals surface area contributed by atoms with E-state index in [1.807, 2.05) is 6.92 Å². The number of hydrogen-bond donors (Lipinski definition) is 2. The maximum Gasteiger partial charge on any atom is 0.147 e. The molecule has 1 saturated carbocycles. The molecule has 0 aliphatic heterocycles. The van der Waals surface area contributed by atoms with Gasteiger partial charge >= 0.3 is 0 Å². The Kier molecular flexibility index (Phi) is 5.69. The molecule has 1 atom stereocenters. The van der Waals surface area contributed by atoms with Crippen molar-refractivity contribution in [3.8, 4) is 5.75 Å². The standard InChI is InChI=1S/C14H19Br2NO2/c1-9(7-18)8-19-14-12(15)4-10(5-13(14)16)6-17-11-2-3-11/h4-5,9,11,17-18H,2-3,6-8H2,1H3. The lowest BCUT2D eigenvalue weighted by Gasteiger charge is -2.15. The summed E-state index contributed by atoms with van der Waals surface area (Å²) in [6.07, 6.45) is 2.59. The SMILES string of the molecule is CC(CO)COc1c(Br)cc(CNC2CC2)cc1Br. The molecule has 0 saturated heterocycles. The Bertz CT molecular complexity index is 412. The molecule has 1 aliphatic rings.